The zero-order chi connectivity index (χ0) is 16.0. The lowest BCUT2D eigenvalue weighted by atomic mass is 10.1. The molecule has 2 heteroatoms. The second kappa shape index (κ2) is 14.1. The van der Waals surface area contributed by atoms with E-state index in [1.54, 1.807) is 4.90 Å². The Morgan fingerprint density at radius 1 is 0.850 bits per heavy atom. The molecule has 0 aromatic heterocycles. The summed E-state index contributed by atoms with van der Waals surface area (Å²) in [6, 6.07) is 6.56. The van der Waals surface area contributed by atoms with Crippen LogP contribution in [0.1, 0.15) is 57.2 Å². The van der Waals surface area contributed by atoms with E-state index in [1.807, 2.05) is 13.8 Å². The number of aryl methyl sites for hydroxylation is 3. The Balaban J connectivity index is 0. The molecule has 1 aromatic carbocycles. The lowest BCUT2D eigenvalue weighted by Crippen LogP contribution is -2.23. The third-order valence-corrected chi connectivity index (χ3v) is 2.54. The van der Waals surface area contributed by atoms with Crippen LogP contribution in [0.5, 0.6) is 0 Å². The Morgan fingerprint density at radius 3 is 1.35 bits per heavy atom. The highest BCUT2D eigenvalue weighted by Gasteiger charge is 1.94. The maximum absolute atomic E-state index is 10.2. The van der Waals surface area contributed by atoms with Gasteiger partial charge in [0.15, 0.2) is 0 Å². The molecule has 0 aliphatic rings. The molecule has 0 heterocycles. The molecular weight excluding hydrogens is 246 g/mol. The van der Waals surface area contributed by atoms with Crippen molar-refractivity contribution < 1.29 is 4.79 Å². The molecule has 0 aliphatic carbocycles. The molecule has 20 heavy (non-hydrogen) atoms. The second-order valence-electron chi connectivity index (χ2n) is 4.81. The SMILES string of the molecule is CC.CCCN(C=O)CCC.Cc1cc(C)cc(C)c1. The van der Waals surface area contributed by atoms with Gasteiger partial charge in [0.05, 0.1) is 0 Å². The van der Waals surface area contributed by atoms with Crippen LogP contribution in [0, 0.1) is 20.8 Å². The Labute approximate surface area is 126 Å². The largest absolute Gasteiger partial charge is 0.345 e. The Kier molecular flexibility index (Phi) is 14.8. The fraction of sp³-hybridized carbons (Fsp3) is 0.611. The van der Waals surface area contributed by atoms with Crippen molar-refractivity contribution in [2.45, 2.75) is 61.3 Å². The van der Waals surface area contributed by atoms with Gasteiger partial charge in [-0.05, 0) is 33.6 Å². The smallest absolute Gasteiger partial charge is 0.209 e. The van der Waals surface area contributed by atoms with Gasteiger partial charge in [-0.3, -0.25) is 4.79 Å². The number of nitrogens with zero attached hydrogens (tertiary/aromatic N) is 1. The van der Waals surface area contributed by atoms with E-state index in [4.69, 9.17) is 0 Å². The van der Waals surface area contributed by atoms with Gasteiger partial charge in [0, 0.05) is 13.1 Å². The summed E-state index contributed by atoms with van der Waals surface area (Å²) in [6.45, 7) is 16.3. The highest BCUT2D eigenvalue weighted by Crippen LogP contribution is 2.06. The number of carbonyl (C=O) groups excluding carboxylic acids is 1. The summed E-state index contributed by atoms with van der Waals surface area (Å²) in [7, 11) is 0. The van der Waals surface area contributed by atoms with Gasteiger partial charge in [-0.2, -0.15) is 0 Å². The van der Waals surface area contributed by atoms with Gasteiger partial charge < -0.3 is 4.90 Å². The van der Waals surface area contributed by atoms with Gasteiger partial charge in [-0.1, -0.05) is 62.6 Å². The van der Waals surface area contributed by atoms with Crippen molar-refractivity contribution in [2.24, 2.45) is 0 Å². The van der Waals surface area contributed by atoms with Crippen LogP contribution in [0.2, 0.25) is 0 Å². The first-order chi connectivity index (χ1) is 9.53. The monoisotopic (exact) mass is 279 g/mol. The number of amides is 1. The number of hydrogen-bond acceptors (Lipinski definition) is 1. The molecule has 116 valence electrons. The Morgan fingerprint density at radius 2 is 1.15 bits per heavy atom. The van der Waals surface area contributed by atoms with Crippen molar-refractivity contribution in [1.82, 2.24) is 4.90 Å². The van der Waals surface area contributed by atoms with Gasteiger partial charge in [-0.25, -0.2) is 0 Å². The topological polar surface area (TPSA) is 20.3 Å². The average Bonchev–Trinajstić information content (AvgIpc) is 2.40. The highest BCUT2D eigenvalue weighted by molar-refractivity contribution is 5.46. The van der Waals surface area contributed by atoms with E-state index in [-0.39, 0.29) is 0 Å². The summed E-state index contributed by atoms with van der Waals surface area (Å²) in [5.74, 6) is 0. The van der Waals surface area contributed by atoms with Crippen molar-refractivity contribution in [3.63, 3.8) is 0 Å². The summed E-state index contributed by atoms with van der Waals surface area (Å²) in [4.78, 5) is 12.0. The van der Waals surface area contributed by atoms with Crippen molar-refractivity contribution in [2.75, 3.05) is 13.1 Å². The van der Waals surface area contributed by atoms with Crippen LogP contribution in [0.3, 0.4) is 0 Å². The van der Waals surface area contributed by atoms with Crippen LogP contribution in [0.15, 0.2) is 18.2 Å². The van der Waals surface area contributed by atoms with E-state index in [9.17, 15) is 4.79 Å². The zero-order valence-electron chi connectivity index (χ0n) is 14.5. The molecule has 0 fully saturated rings. The molecule has 0 radical (unpaired) electrons. The molecule has 0 unspecified atom stereocenters. The first-order valence-electron chi connectivity index (χ1n) is 7.77. The van der Waals surface area contributed by atoms with E-state index in [0.717, 1.165) is 32.3 Å². The molecule has 0 N–H and O–H groups in total. The van der Waals surface area contributed by atoms with Gasteiger partial charge >= 0.3 is 0 Å². The average molecular weight is 279 g/mol. The van der Waals surface area contributed by atoms with Crippen LogP contribution >= 0.6 is 0 Å². The van der Waals surface area contributed by atoms with Crippen LogP contribution in [-0.4, -0.2) is 24.4 Å². The highest BCUT2D eigenvalue weighted by atomic mass is 16.1. The van der Waals surface area contributed by atoms with Crippen molar-refractivity contribution in [3.05, 3.63) is 34.9 Å². The summed E-state index contributed by atoms with van der Waals surface area (Å²) in [5, 5.41) is 0. The van der Waals surface area contributed by atoms with Crippen LogP contribution in [-0.2, 0) is 4.79 Å². The Bertz CT molecular complexity index is 291. The molecule has 1 rings (SSSR count). The van der Waals surface area contributed by atoms with Gasteiger partial charge in [0.25, 0.3) is 0 Å². The minimum Gasteiger partial charge on any atom is -0.345 e. The molecule has 0 saturated heterocycles. The summed E-state index contributed by atoms with van der Waals surface area (Å²) >= 11 is 0. The van der Waals surface area contributed by atoms with Crippen LogP contribution in [0.25, 0.3) is 0 Å². The first kappa shape index (κ1) is 21.0. The third-order valence-electron chi connectivity index (χ3n) is 2.54. The van der Waals surface area contributed by atoms with Gasteiger partial charge in [-0.15, -0.1) is 0 Å². The third kappa shape index (κ3) is 11.8. The first-order valence-corrected chi connectivity index (χ1v) is 7.77. The maximum atomic E-state index is 10.2. The minimum atomic E-state index is 0.900. The Hall–Kier alpha value is -1.31. The number of benzene rings is 1. The van der Waals surface area contributed by atoms with Crippen molar-refractivity contribution in [1.29, 1.82) is 0 Å². The van der Waals surface area contributed by atoms with E-state index >= 15 is 0 Å². The van der Waals surface area contributed by atoms with Gasteiger partial charge in [0.1, 0.15) is 0 Å². The predicted molar refractivity (Wildman–Crippen MR) is 90.2 cm³/mol. The second-order valence-corrected chi connectivity index (χ2v) is 4.81. The van der Waals surface area contributed by atoms with E-state index in [2.05, 4.69) is 52.8 Å². The van der Waals surface area contributed by atoms with Crippen molar-refractivity contribution in [3.8, 4) is 0 Å². The molecular formula is C18H33NO. The normalized spacial score (nSPS) is 8.75. The number of rotatable bonds is 5. The molecule has 2 nitrogen and oxygen atoms in total. The lowest BCUT2D eigenvalue weighted by Gasteiger charge is -2.13. The minimum absolute atomic E-state index is 0.900. The summed E-state index contributed by atoms with van der Waals surface area (Å²) < 4.78 is 0. The summed E-state index contributed by atoms with van der Waals surface area (Å²) in [6.07, 6.45) is 3.03. The molecule has 0 spiro atoms. The van der Waals surface area contributed by atoms with E-state index < -0.39 is 0 Å². The molecule has 0 atom stereocenters. The van der Waals surface area contributed by atoms with Crippen LogP contribution in [0.4, 0.5) is 0 Å². The van der Waals surface area contributed by atoms with Gasteiger partial charge in [0.2, 0.25) is 6.41 Å². The fourth-order valence-electron chi connectivity index (χ4n) is 1.99. The zero-order valence-corrected chi connectivity index (χ0v) is 14.5. The standard InChI is InChI=1S/C9H12.C7H15NO.C2H6/c1-7-4-8(2)6-9(3)5-7;1-3-5-8(7-9)6-4-2;1-2/h4-6H,1-3H3;7H,3-6H2,1-2H3;1-2H3. The molecule has 1 amide bonds. The maximum Gasteiger partial charge on any atom is 0.209 e. The molecule has 0 saturated carbocycles. The van der Waals surface area contributed by atoms with Crippen LogP contribution < -0.4 is 0 Å². The summed E-state index contributed by atoms with van der Waals surface area (Å²) in [5.41, 5.74) is 4.06. The number of hydrogen-bond donors (Lipinski definition) is 0. The van der Waals surface area contributed by atoms with E-state index in [0.29, 0.717) is 0 Å². The van der Waals surface area contributed by atoms with E-state index in [1.165, 1.54) is 16.7 Å². The quantitative estimate of drug-likeness (QED) is 0.702. The fourth-order valence-corrected chi connectivity index (χ4v) is 1.99. The lowest BCUT2D eigenvalue weighted by molar-refractivity contribution is -0.118. The predicted octanol–water partition coefficient (Wildman–Crippen LogP) is 4.90. The number of carbonyl (C=O) groups is 1. The van der Waals surface area contributed by atoms with Crippen molar-refractivity contribution >= 4 is 6.41 Å². The molecule has 0 aliphatic heterocycles. The molecule has 1 aromatic rings. The molecule has 0 bridgehead atoms.